The first kappa shape index (κ1) is 18.0. The Morgan fingerprint density at radius 1 is 1.00 bits per heavy atom. The van der Waals surface area contributed by atoms with Gasteiger partial charge in [0.25, 0.3) is 0 Å². The fraction of sp³-hybridized carbons (Fsp3) is 0.833. The molecule has 7 heteroatoms. The molecular formula is C18H29N3O4. The number of ether oxygens (including phenoxy) is 1. The Kier molecular flexibility index (Phi) is 5.49. The van der Waals surface area contributed by atoms with Crippen LogP contribution in [-0.4, -0.2) is 66.5 Å². The third-order valence-electron chi connectivity index (χ3n) is 5.59. The van der Waals surface area contributed by atoms with Crippen molar-refractivity contribution in [3.63, 3.8) is 0 Å². The summed E-state index contributed by atoms with van der Waals surface area (Å²) in [6.45, 7) is 4.89. The van der Waals surface area contributed by atoms with E-state index < -0.39 is 5.41 Å². The number of carbonyl (C=O) groups excluding carboxylic acids is 3. The lowest BCUT2D eigenvalue weighted by Gasteiger charge is -2.33. The van der Waals surface area contributed by atoms with Crippen LogP contribution in [0.15, 0.2) is 0 Å². The summed E-state index contributed by atoms with van der Waals surface area (Å²) in [5, 5.41) is 3.07. The van der Waals surface area contributed by atoms with Gasteiger partial charge in [0.05, 0.1) is 6.61 Å². The summed E-state index contributed by atoms with van der Waals surface area (Å²) in [5.41, 5.74) is -0.810. The predicted molar refractivity (Wildman–Crippen MR) is 91.9 cm³/mol. The highest BCUT2D eigenvalue weighted by molar-refractivity contribution is 6.08. The fourth-order valence-electron chi connectivity index (χ4n) is 3.81. The molecule has 7 nitrogen and oxygen atoms in total. The topological polar surface area (TPSA) is 79.0 Å². The molecule has 1 saturated carbocycles. The minimum Gasteiger partial charge on any atom is -0.450 e. The summed E-state index contributed by atoms with van der Waals surface area (Å²) >= 11 is 0. The van der Waals surface area contributed by atoms with Crippen LogP contribution in [0.2, 0.25) is 0 Å². The van der Waals surface area contributed by atoms with Crippen LogP contribution in [0.1, 0.15) is 51.9 Å². The van der Waals surface area contributed by atoms with E-state index in [4.69, 9.17) is 4.74 Å². The number of nitrogens with zero attached hydrogens (tertiary/aromatic N) is 2. The van der Waals surface area contributed by atoms with Gasteiger partial charge in [0.1, 0.15) is 5.41 Å². The zero-order chi connectivity index (χ0) is 17.9. The minimum atomic E-state index is -0.810. The molecule has 3 aliphatic rings. The molecule has 2 heterocycles. The van der Waals surface area contributed by atoms with Gasteiger partial charge < -0.3 is 19.9 Å². The van der Waals surface area contributed by atoms with E-state index in [-0.39, 0.29) is 23.9 Å². The maximum Gasteiger partial charge on any atom is 0.409 e. The normalized spacial score (nSPS) is 23.1. The number of hydrogen-bond acceptors (Lipinski definition) is 4. The van der Waals surface area contributed by atoms with Gasteiger partial charge in [-0.1, -0.05) is 0 Å². The van der Waals surface area contributed by atoms with E-state index >= 15 is 0 Å². The Morgan fingerprint density at radius 2 is 1.64 bits per heavy atom. The molecule has 2 aliphatic heterocycles. The molecule has 3 rings (SSSR count). The van der Waals surface area contributed by atoms with E-state index in [1.165, 1.54) is 6.42 Å². The van der Waals surface area contributed by atoms with Crippen molar-refractivity contribution in [2.45, 2.75) is 57.9 Å². The highest BCUT2D eigenvalue weighted by Crippen LogP contribution is 2.48. The third-order valence-corrected chi connectivity index (χ3v) is 5.59. The molecular weight excluding hydrogens is 322 g/mol. The maximum absolute atomic E-state index is 12.8. The number of piperidine rings is 2. The SMILES string of the molecule is CCOC(=O)N1CCC(NC(=O)C2(C(=O)N3CCCCC3)CC2)CC1. The smallest absolute Gasteiger partial charge is 0.409 e. The van der Waals surface area contributed by atoms with Crippen LogP contribution in [0.25, 0.3) is 0 Å². The molecule has 0 radical (unpaired) electrons. The summed E-state index contributed by atoms with van der Waals surface area (Å²) < 4.78 is 5.01. The lowest BCUT2D eigenvalue weighted by atomic mass is 9.99. The van der Waals surface area contributed by atoms with Gasteiger partial charge in [-0.25, -0.2) is 4.79 Å². The van der Waals surface area contributed by atoms with Crippen LogP contribution in [0.4, 0.5) is 4.79 Å². The minimum absolute atomic E-state index is 0.0219. The van der Waals surface area contributed by atoms with Crippen LogP contribution in [0.3, 0.4) is 0 Å². The molecule has 0 aromatic rings. The van der Waals surface area contributed by atoms with Crippen molar-refractivity contribution >= 4 is 17.9 Å². The average molecular weight is 351 g/mol. The Labute approximate surface area is 149 Å². The molecule has 1 aliphatic carbocycles. The summed E-state index contributed by atoms with van der Waals surface area (Å²) in [7, 11) is 0. The van der Waals surface area contributed by atoms with E-state index in [0.717, 1.165) is 25.9 Å². The number of rotatable bonds is 4. The predicted octanol–water partition coefficient (Wildman–Crippen LogP) is 1.52. The first-order valence-corrected chi connectivity index (χ1v) is 9.59. The van der Waals surface area contributed by atoms with E-state index in [9.17, 15) is 14.4 Å². The Bertz CT molecular complexity index is 518. The van der Waals surface area contributed by atoms with Crippen molar-refractivity contribution in [1.82, 2.24) is 15.1 Å². The molecule has 3 fully saturated rings. The van der Waals surface area contributed by atoms with Crippen molar-refractivity contribution in [2.75, 3.05) is 32.8 Å². The second-order valence-electron chi connectivity index (χ2n) is 7.37. The van der Waals surface area contributed by atoms with Crippen molar-refractivity contribution in [1.29, 1.82) is 0 Å². The molecule has 2 saturated heterocycles. The van der Waals surface area contributed by atoms with Gasteiger partial charge in [-0.15, -0.1) is 0 Å². The fourth-order valence-corrected chi connectivity index (χ4v) is 3.81. The zero-order valence-corrected chi connectivity index (χ0v) is 15.1. The Hall–Kier alpha value is -1.79. The molecule has 0 unspecified atom stereocenters. The third kappa shape index (κ3) is 3.90. The van der Waals surface area contributed by atoms with Gasteiger partial charge in [0, 0.05) is 32.2 Å². The monoisotopic (exact) mass is 351 g/mol. The molecule has 140 valence electrons. The van der Waals surface area contributed by atoms with E-state index in [1.807, 2.05) is 4.90 Å². The standard InChI is InChI=1S/C18H29N3O4/c1-2-25-17(24)21-12-6-14(7-13-21)19-15(22)18(8-9-18)16(23)20-10-4-3-5-11-20/h14H,2-13H2,1H3,(H,19,22). The Morgan fingerprint density at radius 3 is 2.20 bits per heavy atom. The molecule has 0 aromatic carbocycles. The molecule has 0 bridgehead atoms. The summed E-state index contributed by atoms with van der Waals surface area (Å²) in [5.74, 6) is -0.0914. The molecule has 0 atom stereocenters. The van der Waals surface area contributed by atoms with E-state index in [2.05, 4.69) is 5.32 Å². The molecule has 25 heavy (non-hydrogen) atoms. The van der Waals surface area contributed by atoms with Gasteiger partial charge in [-0.3, -0.25) is 9.59 Å². The first-order chi connectivity index (χ1) is 12.1. The van der Waals surface area contributed by atoms with Gasteiger partial charge >= 0.3 is 6.09 Å². The van der Waals surface area contributed by atoms with Gasteiger partial charge in [-0.2, -0.15) is 0 Å². The second kappa shape index (κ2) is 7.62. The number of likely N-dealkylation sites (tertiary alicyclic amines) is 2. The largest absolute Gasteiger partial charge is 0.450 e. The van der Waals surface area contributed by atoms with Crippen LogP contribution < -0.4 is 5.32 Å². The van der Waals surface area contributed by atoms with E-state index in [1.54, 1.807) is 11.8 Å². The van der Waals surface area contributed by atoms with Crippen molar-refractivity contribution in [3.05, 3.63) is 0 Å². The Balaban J connectivity index is 1.49. The summed E-state index contributed by atoms with van der Waals surface area (Å²) in [6.07, 6.45) is 5.70. The summed E-state index contributed by atoms with van der Waals surface area (Å²) in [4.78, 5) is 40.8. The van der Waals surface area contributed by atoms with Crippen LogP contribution in [0, 0.1) is 5.41 Å². The number of amides is 3. The van der Waals surface area contributed by atoms with Crippen molar-refractivity contribution in [2.24, 2.45) is 5.41 Å². The summed E-state index contributed by atoms with van der Waals surface area (Å²) in [6, 6.07) is 0.0322. The van der Waals surface area contributed by atoms with Gasteiger partial charge in [0.2, 0.25) is 11.8 Å². The molecule has 1 N–H and O–H groups in total. The lowest BCUT2D eigenvalue weighted by molar-refractivity contribution is -0.145. The zero-order valence-electron chi connectivity index (χ0n) is 15.1. The quantitative estimate of drug-likeness (QED) is 0.779. The van der Waals surface area contributed by atoms with Crippen LogP contribution >= 0.6 is 0 Å². The highest BCUT2D eigenvalue weighted by Gasteiger charge is 2.58. The average Bonchev–Trinajstić information content (AvgIpc) is 3.44. The van der Waals surface area contributed by atoms with Crippen molar-refractivity contribution < 1.29 is 19.1 Å². The number of hydrogen-bond donors (Lipinski definition) is 1. The molecule has 3 amide bonds. The lowest BCUT2D eigenvalue weighted by Crippen LogP contribution is -2.52. The molecule has 0 spiro atoms. The van der Waals surface area contributed by atoms with Crippen LogP contribution in [-0.2, 0) is 14.3 Å². The highest BCUT2D eigenvalue weighted by atomic mass is 16.6. The second-order valence-corrected chi connectivity index (χ2v) is 7.37. The first-order valence-electron chi connectivity index (χ1n) is 9.59. The number of nitrogens with one attached hydrogen (secondary N) is 1. The van der Waals surface area contributed by atoms with Crippen molar-refractivity contribution in [3.8, 4) is 0 Å². The van der Waals surface area contributed by atoms with Crippen LogP contribution in [0.5, 0.6) is 0 Å². The molecule has 0 aromatic heterocycles. The van der Waals surface area contributed by atoms with E-state index in [0.29, 0.717) is 45.4 Å². The van der Waals surface area contributed by atoms with Gasteiger partial charge in [-0.05, 0) is 51.9 Å². The number of carbonyl (C=O) groups is 3. The van der Waals surface area contributed by atoms with Gasteiger partial charge in [0.15, 0.2) is 0 Å². The maximum atomic E-state index is 12.8.